The van der Waals surface area contributed by atoms with Crippen molar-refractivity contribution in [1.29, 1.82) is 0 Å². The Bertz CT molecular complexity index is 3190. The predicted octanol–water partition coefficient (Wildman–Crippen LogP) is 12.6. The van der Waals surface area contributed by atoms with Crippen molar-refractivity contribution in [2.45, 2.75) is 0 Å². The molecule has 5 nitrogen and oxygen atoms in total. The van der Waals surface area contributed by atoms with E-state index in [1.165, 1.54) is 5.39 Å². The number of hydrogen-bond acceptors (Lipinski definition) is 5. The Balaban J connectivity index is 1.14. The van der Waals surface area contributed by atoms with Crippen LogP contribution in [0.25, 0.3) is 111 Å². The monoisotopic (exact) mass is 665 g/mol. The minimum Gasteiger partial charge on any atom is -0.456 e. The molecule has 0 saturated heterocycles. The first kappa shape index (κ1) is 28.7. The first-order valence-electron chi connectivity index (χ1n) is 17.4. The standard InChI is InChI=1S/C47H27N3O2/c1-2-12-28(13-3-1)45-48-46(50-47(49-45)38-23-11-25-41-43(38)37-16-6-7-24-40(37)51-41)36-22-9-17-31-32(18-8-19-33(31)36)34-20-10-21-35-39-26-29-14-4-5-15-30(29)27-42(39)52-44(34)35/h1-27H. The third-order valence-corrected chi connectivity index (χ3v) is 10.1. The maximum Gasteiger partial charge on any atom is 0.164 e. The second-order valence-corrected chi connectivity index (χ2v) is 13.1. The van der Waals surface area contributed by atoms with Crippen LogP contribution < -0.4 is 0 Å². The van der Waals surface area contributed by atoms with Gasteiger partial charge in [-0.05, 0) is 51.4 Å². The number of rotatable bonds is 4. The van der Waals surface area contributed by atoms with Crippen LogP contribution in [0.3, 0.4) is 0 Å². The van der Waals surface area contributed by atoms with E-state index in [2.05, 4.69) is 103 Å². The van der Waals surface area contributed by atoms with Gasteiger partial charge in [0.15, 0.2) is 17.5 Å². The molecule has 0 unspecified atom stereocenters. The molecule has 0 aliphatic heterocycles. The lowest BCUT2D eigenvalue weighted by Gasteiger charge is -2.13. The maximum atomic E-state index is 6.66. The van der Waals surface area contributed by atoms with Crippen LogP contribution in [0, 0.1) is 0 Å². The highest BCUT2D eigenvalue weighted by molar-refractivity contribution is 6.16. The number of furan rings is 2. The number of nitrogens with zero attached hydrogens (tertiary/aromatic N) is 3. The summed E-state index contributed by atoms with van der Waals surface area (Å²) in [6, 6.07) is 56.2. The van der Waals surface area contributed by atoms with Gasteiger partial charge in [-0.1, -0.05) is 140 Å². The number of para-hydroxylation sites is 2. The van der Waals surface area contributed by atoms with Crippen molar-refractivity contribution >= 4 is 65.4 Å². The minimum atomic E-state index is 0.591. The van der Waals surface area contributed by atoms with Crippen LogP contribution in [0.2, 0.25) is 0 Å². The van der Waals surface area contributed by atoms with Gasteiger partial charge in [0.1, 0.15) is 22.3 Å². The van der Waals surface area contributed by atoms with Crippen molar-refractivity contribution in [3.63, 3.8) is 0 Å². The van der Waals surface area contributed by atoms with Gasteiger partial charge in [0, 0.05) is 43.8 Å². The fourth-order valence-electron chi connectivity index (χ4n) is 7.73. The van der Waals surface area contributed by atoms with Crippen molar-refractivity contribution in [3.05, 3.63) is 164 Å². The molecule has 0 N–H and O–H groups in total. The molecular weight excluding hydrogens is 639 g/mol. The van der Waals surface area contributed by atoms with Gasteiger partial charge in [-0.3, -0.25) is 0 Å². The summed E-state index contributed by atoms with van der Waals surface area (Å²) in [7, 11) is 0. The van der Waals surface area contributed by atoms with Gasteiger partial charge in [0.2, 0.25) is 0 Å². The molecule has 0 bridgehead atoms. The molecule has 0 atom stereocenters. The smallest absolute Gasteiger partial charge is 0.164 e. The second kappa shape index (κ2) is 11.2. The van der Waals surface area contributed by atoms with E-state index in [0.29, 0.717) is 17.5 Å². The molecule has 52 heavy (non-hydrogen) atoms. The van der Waals surface area contributed by atoms with E-state index in [9.17, 15) is 0 Å². The molecule has 0 fully saturated rings. The van der Waals surface area contributed by atoms with Crippen LogP contribution in [0.4, 0.5) is 0 Å². The lowest BCUT2D eigenvalue weighted by atomic mass is 9.94. The minimum absolute atomic E-state index is 0.591. The molecule has 11 aromatic rings. The summed E-state index contributed by atoms with van der Waals surface area (Å²) >= 11 is 0. The fourth-order valence-corrected chi connectivity index (χ4v) is 7.73. The van der Waals surface area contributed by atoms with Gasteiger partial charge in [-0.15, -0.1) is 0 Å². The van der Waals surface area contributed by atoms with Crippen LogP contribution in [-0.2, 0) is 0 Å². The normalized spacial score (nSPS) is 11.8. The van der Waals surface area contributed by atoms with Gasteiger partial charge in [0.05, 0.1) is 0 Å². The van der Waals surface area contributed by atoms with E-state index in [0.717, 1.165) is 87.9 Å². The van der Waals surface area contributed by atoms with Crippen LogP contribution >= 0.6 is 0 Å². The Kier molecular flexibility index (Phi) is 6.18. The highest BCUT2D eigenvalue weighted by Gasteiger charge is 2.20. The summed E-state index contributed by atoms with van der Waals surface area (Å²) in [6.07, 6.45) is 0. The molecule has 0 aliphatic carbocycles. The van der Waals surface area contributed by atoms with E-state index < -0.39 is 0 Å². The first-order valence-corrected chi connectivity index (χ1v) is 17.4. The lowest BCUT2D eigenvalue weighted by Crippen LogP contribution is -2.01. The maximum absolute atomic E-state index is 6.66. The number of fused-ring (bicyclic) bond motifs is 8. The average Bonchev–Trinajstić information content (AvgIpc) is 3.78. The summed E-state index contributed by atoms with van der Waals surface area (Å²) < 4.78 is 12.9. The molecule has 0 aliphatic rings. The molecule has 5 heteroatoms. The third kappa shape index (κ3) is 4.39. The SMILES string of the molecule is c1ccc(-c2nc(-c3cccc4c(-c5cccc6c5oc5cc7ccccc7cc56)cccc34)nc(-c3cccc4oc5ccccc5c34)n2)cc1. The molecule has 3 aromatic heterocycles. The lowest BCUT2D eigenvalue weighted by molar-refractivity contribution is 0.669. The van der Waals surface area contributed by atoms with Gasteiger partial charge in [-0.25, -0.2) is 15.0 Å². The molecule has 11 rings (SSSR count). The van der Waals surface area contributed by atoms with Crippen LogP contribution in [0.15, 0.2) is 173 Å². The van der Waals surface area contributed by atoms with E-state index >= 15 is 0 Å². The Morgan fingerprint density at radius 1 is 0.327 bits per heavy atom. The molecule has 8 aromatic carbocycles. The van der Waals surface area contributed by atoms with Crippen molar-refractivity contribution in [2.24, 2.45) is 0 Å². The van der Waals surface area contributed by atoms with Gasteiger partial charge in [0.25, 0.3) is 0 Å². The zero-order valence-corrected chi connectivity index (χ0v) is 27.7. The summed E-state index contributed by atoms with van der Waals surface area (Å²) in [5.41, 5.74) is 8.25. The van der Waals surface area contributed by atoms with Crippen molar-refractivity contribution < 1.29 is 8.83 Å². The van der Waals surface area contributed by atoms with Gasteiger partial charge < -0.3 is 8.83 Å². The average molecular weight is 666 g/mol. The van der Waals surface area contributed by atoms with Crippen LogP contribution in [-0.4, -0.2) is 15.0 Å². The Morgan fingerprint density at radius 2 is 0.904 bits per heavy atom. The van der Waals surface area contributed by atoms with Crippen LogP contribution in [0.1, 0.15) is 0 Å². The number of aromatic nitrogens is 3. The predicted molar refractivity (Wildman–Crippen MR) is 211 cm³/mol. The molecule has 3 heterocycles. The highest BCUT2D eigenvalue weighted by atomic mass is 16.3. The van der Waals surface area contributed by atoms with Crippen molar-refractivity contribution in [3.8, 4) is 45.3 Å². The molecule has 0 spiro atoms. The highest BCUT2D eigenvalue weighted by Crippen LogP contribution is 2.42. The number of benzene rings is 8. The molecule has 0 amide bonds. The van der Waals surface area contributed by atoms with E-state index in [4.69, 9.17) is 23.8 Å². The van der Waals surface area contributed by atoms with Gasteiger partial charge in [-0.2, -0.15) is 0 Å². The topological polar surface area (TPSA) is 65.0 Å². The third-order valence-electron chi connectivity index (χ3n) is 10.1. The van der Waals surface area contributed by atoms with Crippen LogP contribution in [0.5, 0.6) is 0 Å². The zero-order chi connectivity index (χ0) is 34.2. The van der Waals surface area contributed by atoms with E-state index in [1.54, 1.807) is 0 Å². The van der Waals surface area contributed by atoms with E-state index in [-0.39, 0.29) is 0 Å². The van der Waals surface area contributed by atoms with E-state index in [1.807, 2.05) is 60.7 Å². The fraction of sp³-hybridized carbons (Fsp3) is 0. The summed E-state index contributed by atoms with van der Waals surface area (Å²) in [4.78, 5) is 15.4. The number of hydrogen-bond donors (Lipinski definition) is 0. The van der Waals surface area contributed by atoms with Gasteiger partial charge >= 0.3 is 0 Å². The largest absolute Gasteiger partial charge is 0.456 e. The Labute approximate surface area is 297 Å². The van der Waals surface area contributed by atoms with Crippen molar-refractivity contribution in [1.82, 2.24) is 15.0 Å². The van der Waals surface area contributed by atoms with Crippen molar-refractivity contribution in [2.75, 3.05) is 0 Å². The first-order chi connectivity index (χ1) is 25.8. The molecular formula is C47H27N3O2. The summed E-state index contributed by atoms with van der Waals surface area (Å²) in [6.45, 7) is 0. The molecule has 0 saturated carbocycles. The Morgan fingerprint density at radius 3 is 1.75 bits per heavy atom. The quantitative estimate of drug-likeness (QED) is 0.187. The Hall–Kier alpha value is -7.11. The summed E-state index contributed by atoms with van der Waals surface area (Å²) in [5.74, 6) is 1.80. The molecule has 242 valence electrons. The zero-order valence-electron chi connectivity index (χ0n) is 27.7. The summed E-state index contributed by atoms with van der Waals surface area (Å²) in [5, 5.41) is 8.72. The molecule has 0 radical (unpaired) electrons. The second-order valence-electron chi connectivity index (χ2n) is 13.1.